The zero-order chi connectivity index (χ0) is 21.2. The van der Waals surface area contributed by atoms with Crippen molar-refractivity contribution in [2.75, 3.05) is 19.8 Å². The van der Waals surface area contributed by atoms with Crippen molar-refractivity contribution >= 4 is 5.91 Å². The Hall–Kier alpha value is -1.39. The molecule has 0 aromatic heterocycles. The normalized spacial score (nSPS) is 12.4. The third kappa shape index (κ3) is 10.2. The fourth-order valence-corrected chi connectivity index (χ4v) is 3.15. The zero-order valence-electron chi connectivity index (χ0n) is 19.1. The molecule has 0 radical (unpaired) electrons. The van der Waals surface area contributed by atoms with Gasteiger partial charge < -0.3 is 14.8 Å². The van der Waals surface area contributed by atoms with Gasteiger partial charge in [-0.25, -0.2) is 0 Å². The van der Waals surface area contributed by atoms with Gasteiger partial charge in [0.1, 0.15) is 0 Å². The first kappa shape index (κ1) is 24.6. The summed E-state index contributed by atoms with van der Waals surface area (Å²) in [5, 5.41) is 3.01. The Morgan fingerprint density at radius 1 is 0.964 bits per heavy atom. The highest BCUT2D eigenvalue weighted by Crippen LogP contribution is 2.18. The first-order valence-corrected chi connectivity index (χ1v) is 10.7. The predicted molar refractivity (Wildman–Crippen MR) is 117 cm³/mol. The van der Waals surface area contributed by atoms with E-state index in [1.54, 1.807) is 0 Å². The minimum absolute atomic E-state index is 0.0535. The topological polar surface area (TPSA) is 47.6 Å². The molecule has 1 rings (SSSR count). The molecule has 0 spiro atoms. The third-order valence-corrected chi connectivity index (χ3v) is 4.98. The smallest absolute Gasteiger partial charge is 0.224 e. The van der Waals surface area contributed by atoms with Gasteiger partial charge >= 0.3 is 0 Å². The van der Waals surface area contributed by atoms with Crippen LogP contribution in [0.3, 0.4) is 0 Å². The molecule has 1 amide bonds. The quantitative estimate of drug-likeness (QED) is 0.467. The second-order valence-corrected chi connectivity index (χ2v) is 9.14. The van der Waals surface area contributed by atoms with Gasteiger partial charge in [-0.3, -0.25) is 4.79 Å². The molecular formula is C24H41NO3. The van der Waals surface area contributed by atoms with Crippen LogP contribution in [-0.2, 0) is 20.7 Å². The van der Waals surface area contributed by atoms with Gasteiger partial charge in [0, 0.05) is 6.54 Å². The average Bonchev–Trinajstić information content (AvgIpc) is 2.59. The van der Waals surface area contributed by atoms with Crippen LogP contribution in [0.2, 0.25) is 0 Å². The van der Waals surface area contributed by atoms with Gasteiger partial charge in [-0.15, -0.1) is 0 Å². The summed E-state index contributed by atoms with van der Waals surface area (Å²) in [7, 11) is 0. The lowest BCUT2D eigenvalue weighted by Crippen LogP contribution is -2.35. The molecule has 1 aromatic carbocycles. The van der Waals surface area contributed by atoms with Crippen molar-refractivity contribution in [3.8, 4) is 0 Å². The van der Waals surface area contributed by atoms with E-state index in [4.69, 9.17) is 9.47 Å². The molecule has 0 aliphatic heterocycles. The van der Waals surface area contributed by atoms with Crippen LogP contribution in [0.1, 0.15) is 84.8 Å². The maximum atomic E-state index is 12.2. The van der Waals surface area contributed by atoms with Crippen molar-refractivity contribution in [1.29, 1.82) is 0 Å². The van der Waals surface area contributed by atoms with Crippen LogP contribution in [0.5, 0.6) is 0 Å². The van der Waals surface area contributed by atoms with Gasteiger partial charge in [0.2, 0.25) is 5.91 Å². The molecule has 1 aromatic rings. The van der Waals surface area contributed by atoms with Crippen molar-refractivity contribution < 1.29 is 14.3 Å². The SMILES string of the molecule is CCCC(C)(C)OCCOC(C)(C)CCNC(=O)Cc1ccc(C(C)C)cc1. The Morgan fingerprint density at radius 3 is 2.00 bits per heavy atom. The number of carbonyl (C=O) groups excluding carboxylic acids is 1. The molecule has 0 aliphatic carbocycles. The molecule has 0 saturated heterocycles. The minimum atomic E-state index is -0.287. The summed E-state index contributed by atoms with van der Waals surface area (Å²) in [6.45, 7) is 16.6. The van der Waals surface area contributed by atoms with Gasteiger partial charge in [0.15, 0.2) is 0 Å². The molecule has 160 valence electrons. The lowest BCUT2D eigenvalue weighted by Gasteiger charge is -2.28. The van der Waals surface area contributed by atoms with Crippen molar-refractivity contribution in [3.05, 3.63) is 35.4 Å². The number of nitrogens with one attached hydrogen (secondary N) is 1. The van der Waals surface area contributed by atoms with E-state index in [0.717, 1.165) is 24.8 Å². The average molecular weight is 392 g/mol. The summed E-state index contributed by atoms with van der Waals surface area (Å²) >= 11 is 0. The molecule has 1 N–H and O–H groups in total. The minimum Gasteiger partial charge on any atom is -0.373 e. The highest BCUT2D eigenvalue weighted by molar-refractivity contribution is 5.78. The summed E-state index contributed by atoms with van der Waals surface area (Å²) < 4.78 is 11.9. The molecule has 28 heavy (non-hydrogen) atoms. The number of ether oxygens (including phenoxy) is 2. The van der Waals surface area contributed by atoms with Crippen LogP contribution >= 0.6 is 0 Å². The van der Waals surface area contributed by atoms with Crippen LogP contribution < -0.4 is 5.32 Å². The Bertz CT molecular complexity index is 576. The van der Waals surface area contributed by atoms with Gasteiger partial charge in [-0.1, -0.05) is 51.5 Å². The molecule has 0 saturated carbocycles. The van der Waals surface area contributed by atoms with Crippen LogP contribution in [-0.4, -0.2) is 36.9 Å². The fraction of sp³-hybridized carbons (Fsp3) is 0.708. The van der Waals surface area contributed by atoms with Gasteiger partial charge in [0.05, 0.1) is 30.8 Å². The number of hydrogen-bond acceptors (Lipinski definition) is 3. The van der Waals surface area contributed by atoms with Crippen molar-refractivity contribution in [2.45, 2.75) is 91.3 Å². The maximum absolute atomic E-state index is 12.2. The van der Waals surface area contributed by atoms with E-state index >= 15 is 0 Å². The Morgan fingerprint density at radius 2 is 1.50 bits per heavy atom. The molecule has 0 bridgehead atoms. The molecule has 0 unspecified atom stereocenters. The van der Waals surface area contributed by atoms with Gasteiger partial charge in [-0.2, -0.15) is 0 Å². The number of hydrogen-bond donors (Lipinski definition) is 1. The molecule has 4 heteroatoms. The van der Waals surface area contributed by atoms with E-state index in [2.05, 4.69) is 65.9 Å². The Kier molecular flexibility index (Phi) is 10.2. The van der Waals surface area contributed by atoms with Gasteiger partial charge in [0.25, 0.3) is 0 Å². The largest absolute Gasteiger partial charge is 0.373 e. The van der Waals surface area contributed by atoms with Crippen molar-refractivity contribution in [1.82, 2.24) is 5.32 Å². The van der Waals surface area contributed by atoms with Crippen LogP contribution in [0.4, 0.5) is 0 Å². The van der Waals surface area contributed by atoms with E-state index < -0.39 is 0 Å². The standard InChI is InChI=1S/C24H41NO3/c1-8-13-23(4,5)27-16-17-28-24(6,7)14-15-25-22(26)18-20-9-11-21(12-10-20)19(2)3/h9-12,19H,8,13-18H2,1-7H3,(H,25,26). The van der Waals surface area contributed by atoms with E-state index in [1.807, 2.05) is 12.1 Å². The van der Waals surface area contributed by atoms with Crippen LogP contribution in [0.15, 0.2) is 24.3 Å². The summed E-state index contributed by atoms with van der Waals surface area (Å²) in [6.07, 6.45) is 3.34. The van der Waals surface area contributed by atoms with E-state index in [0.29, 0.717) is 32.1 Å². The fourth-order valence-electron chi connectivity index (χ4n) is 3.15. The second kappa shape index (κ2) is 11.6. The monoisotopic (exact) mass is 391 g/mol. The molecule has 0 atom stereocenters. The molecular weight excluding hydrogens is 350 g/mol. The molecule has 0 aliphatic rings. The Labute approximate surface area is 172 Å². The second-order valence-electron chi connectivity index (χ2n) is 9.14. The van der Waals surface area contributed by atoms with Crippen LogP contribution in [0, 0.1) is 0 Å². The van der Waals surface area contributed by atoms with E-state index in [-0.39, 0.29) is 17.1 Å². The summed E-state index contributed by atoms with van der Waals surface area (Å²) in [5.41, 5.74) is 1.96. The first-order valence-electron chi connectivity index (χ1n) is 10.7. The maximum Gasteiger partial charge on any atom is 0.224 e. The Balaban J connectivity index is 2.26. The van der Waals surface area contributed by atoms with Crippen molar-refractivity contribution in [3.63, 3.8) is 0 Å². The lowest BCUT2D eigenvalue weighted by molar-refractivity contribution is -0.121. The number of carbonyl (C=O) groups is 1. The van der Waals surface area contributed by atoms with E-state index in [9.17, 15) is 4.79 Å². The predicted octanol–water partition coefficient (Wildman–Crippen LogP) is 5.25. The summed E-state index contributed by atoms with van der Waals surface area (Å²) in [4.78, 5) is 12.2. The highest BCUT2D eigenvalue weighted by atomic mass is 16.5. The summed E-state index contributed by atoms with van der Waals surface area (Å²) in [5.74, 6) is 0.561. The third-order valence-electron chi connectivity index (χ3n) is 4.98. The molecule has 0 heterocycles. The number of amides is 1. The van der Waals surface area contributed by atoms with Crippen LogP contribution in [0.25, 0.3) is 0 Å². The van der Waals surface area contributed by atoms with E-state index in [1.165, 1.54) is 5.56 Å². The number of benzene rings is 1. The first-order chi connectivity index (χ1) is 13.0. The lowest BCUT2D eigenvalue weighted by atomic mass is 10.0. The van der Waals surface area contributed by atoms with Crippen molar-refractivity contribution in [2.24, 2.45) is 0 Å². The molecule has 4 nitrogen and oxygen atoms in total. The summed E-state index contributed by atoms with van der Waals surface area (Å²) in [6, 6.07) is 8.30. The molecule has 0 fully saturated rings. The van der Waals surface area contributed by atoms with Gasteiger partial charge in [-0.05, 0) is 57.6 Å². The highest BCUT2D eigenvalue weighted by Gasteiger charge is 2.20. The zero-order valence-corrected chi connectivity index (χ0v) is 19.1. The number of rotatable bonds is 13.